The van der Waals surface area contributed by atoms with Gasteiger partial charge in [-0.3, -0.25) is 4.57 Å². The zero-order chi connectivity index (χ0) is 22.1. The van der Waals surface area contributed by atoms with E-state index in [2.05, 4.69) is 21.0 Å². The Kier molecular flexibility index (Phi) is 15.6. The Hall–Kier alpha value is 0.0700. The molecule has 0 aromatic rings. The summed E-state index contributed by atoms with van der Waals surface area (Å²) in [6.45, 7) is 4.96. The van der Waals surface area contributed by atoms with E-state index in [1.165, 1.54) is 77.0 Å². The molecule has 5 nitrogen and oxygen atoms in total. The van der Waals surface area contributed by atoms with Crippen LogP contribution in [0.15, 0.2) is 0 Å². The van der Waals surface area contributed by atoms with E-state index < -0.39 is 7.82 Å². The van der Waals surface area contributed by atoms with Gasteiger partial charge in [-0.05, 0) is 12.3 Å². The Balaban J connectivity index is 1.86. The first-order valence-electron chi connectivity index (χ1n) is 12.8. The van der Waals surface area contributed by atoms with Crippen LogP contribution in [0.4, 0.5) is 0 Å². The van der Waals surface area contributed by atoms with E-state index in [0.717, 1.165) is 43.3 Å². The van der Waals surface area contributed by atoms with Gasteiger partial charge in [0, 0.05) is 12.8 Å². The third-order valence-electron chi connectivity index (χ3n) is 6.50. The second-order valence-electron chi connectivity index (χ2n) is 10.00. The Morgan fingerprint density at radius 3 is 1.67 bits per heavy atom. The quantitative estimate of drug-likeness (QED) is 0.130. The molecular formula is C24H50NO4P. The van der Waals surface area contributed by atoms with Crippen molar-refractivity contribution in [2.45, 2.75) is 110 Å². The smallest absolute Gasteiger partial charge is 0.267 e. The molecule has 180 valence electrons. The van der Waals surface area contributed by atoms with Crippen LogP contribution in [0.1, 0.15) is 110 Å². The highest BCUT2D eigenvalue weighted by atomic mass is 31.2. The topological polar surface area (TPSA) is 58.6 Å². The zero-order valence-electron chi connectivity index (χ0n) is 20.2. The monoisotopic (exact) mass is 447 g/mol. The highest BCUT2D eigenvalue weighted by Crippen LogP contribution is 2.40. The maximum absolute atomic E-state index is 11.9. The third kappa shape index (κ3) is 15.8. The molecule has 0 saturated carbocycles. The van der Waals surface area contributed by atoms with Crippen LogP contribution >= 0.6 is 7.82 Å². The fourth-order valence-corrected chi connectivity index (χ4v) is 5.01. The SMILES string of the molecule is CCCCCCCCCCCCCCCCOP(=O)([O-])OCC1CC[N+](C)(C)CC1. The first-order valence-corrected chi connectivity index (χ1v) is 14.2. The molecular weight excluding hydrogens is 397 g/mol. The Morgan fingerprint density at radius 2 is 1.20 bits per heavy atom. The molecule has 0 aromatic carbocycles. The molecule has 1 aliphatic rings. The summed E-state index contributed by atoms with van der Waals surface area (Å²) in [5.74, 6) is 0.336. The molecule has 1 fully saturated rings. The predicted molar refractivity (Wildman–Crippen MR) is 124 cm³/mol. The normalized spacial score (nSPS) is 19.1. The van der Waals surface area contributed by atoms with Crippen molar-refractivity contribution in [2.24, 2.45) is 5.92 Å². The molecule has 1 atom stereocenters. The molecule has 1 rings (SSSR count). The van der Waals surface area contributed by atoms with E-state index in [0.29, 0.717) is 5.92 Å². The number of hydrogen-bond acceptors (Lipinski definition) is 4. The summed E-state index contributed by atoms with van der Waals surface area (Å²) >= 11 is 0. The number of hydrogen-bond donors (Lipinski definition) is 0. The molecule has 0 N–H and O–H groups in total. The van der Waals surface area contributed by atoms with E-state index in [9.17, 15) is 9.46 Å². The van der Waals surface area contributed by atoms with Crippen molar-refractivity contribution < 1.29 is 23.0 Å². The maximum Gasteiger partial charge on any atom is 0.267 e. The number of rotatable bonds is 19. The molecule has 30 heavy (non-hydrogen) atoms. The van der Waals surface area contributed by atoms with Crippen molar-refractivity contribution in [1.29, 1.82) is 0 Å². The fraction of sp³-hybridized carbons (Fsp3) is 1.00. The van der Waals surface area contributed by atoms with E-state index in [1.807, 2.05) is 0 Å². The van der Waals surface area contributed by atoms with Crippen LogP contribution in [-0.4, -0.2) is 44.9 Å². The number of unbranched alkanes of at least 4 members (excludes halogenated alkanes) is 13. The van der Waals surface area contributed by atoms with Crippen molar-refractivity contribution in [3.8, 4) is 0 Å². The van der Waals surface area contributed by atoms with Gasteiger partial charge in [-0.1, -0.05) is 90.4 Å². The van der Waals surface area contributed by atoms with Crippen LogP contribution in [0.25, 0.3) is 0 Å². The lowest BCUT2D eigenvalue weighted by Crippen LogP contribution is -2.46. The molecule has 0 bridgehead atoms. The number of phosphoric acid groups is 1. The van der Waals surface area contributed by atoms with Gasteiger partial charge in [0.1, 0.15) is 0 Å². The Labute approximate surface area is 187 Å². The van der Waals surface area contributed by atoms with Gasteiger partial charge in [-0.2, -0.15) is 0 Å². The van der Waals surface area contributed by atoms with Gasteiger partial charge in [0.05, 0.1) is 40.4 Å². The largest absolute Gasteiger partial charge is 0.756 e. The van der Waals surface area contributed by atoms with Crippen LogP contribution in [-0.2, 0) is 13.6 Å². The van der Waals surface area contributed by atoms with E-state index in [4.69, 9.17) is 9.05 Å². The van der Waals surface area contributed by atoms with Crippen molar-refractivity contribution >= 4 is 7.82 Å². The molecule has 1 unspecified atom stereocenters. The molecule has 0 amide bonds. The van der Waals surface area contributed by atoms with Crippen molar-refractivity contribution in [3.63, 3.8) is 0 Å². The van der Waals surface area contributed by atoms with Gasteiger partial charge in [0.25, 0.3) is 7.82 Å². The lowest BCUT2D eigenvalue weighted by molar-refractivity contribution is -0.896. The van der Waals surface area contributed by atoms with Gasteiger partial charge < -0.3 is 18.4 Å². The minimum absolute atomic E-state index is 0.257. The number of piperidine rings is 1. The van der Waals surface area contributed by atoms with Crippen LogP contribution < -0.4 is 4.89 Å². The van der Waals surface area contributed by atoms with Gasteiger partial charge in [0.15, 0.2) is 0 Å². The third-order valence-corrected chi connectivity index (χ3v) is 7.47. The molecule has 0 radical (unpaired) electrons. The van der Waals surface area contributed by atoms with Gasteiger partial charge in [0.2, 0.25) is 0 Å². The van der Waals surface area contributed by atoms with Crippen LogP contribution in [0.2, 0.25) is 0 Å². The van der Waals surface area contributed by atoms with Crippen molar-refractivity contribution in [1.82, 2.24) is 0 Å². The minimum Gasteiger partial charge on any atom is -0.756 e. The summed E-state index contributed by atoms with van der Waals surface area (Å²) in [7, 11) is 0.302. The van der Waals surface area contributed by atoms with E-state index in [1.54, 1.807) is 0 Å². The molecule has 0 aliphatic carbocycles. The number of nitrogens with zero attached hydrogens (tertiary/aromatic N) is 1. The molecule has 6 heteroatoms. The van der Waals surface area contributed by atoms with Gasteiger partial charge >= 0.3 is 0 Å². The Morgan fingerprint density at radius 1 is 0.767 bits per heavy atom. The standard InChI is InChI=1S/C24H50NO4P/c1-4-5-6-7-8-9-10-11-12-13-14-15-16-17-22-28-30(26,27)29-23-24-18-20-25(2,3)21-19-24/h24H,4-23H2,1-3H3. The van der Waals surface area contributed by atoms with E-state index in [-0.39, 0.29) is 13.2 Å². The number of quaternary nitrogens is 1. The lowest BCUT2D eigenvalue weighted by atomic mass is 9.97. The fourth-order valence-electron chi connectivity index (χ4n) is 4.19. The van der Waals surface area contributed by atoms with Gasteiger partial charge in [-0.25, -0.2) is 0 Å². The molecule has 1 saturated heterocycles. The maximum atomic E-state index is 11.9. The highest BCUT2D eigenvalue weighted by Gasteiger charge is 2.27. The summed E-state index contributed by atoms with van der Waals surface area (Å²) in [6.07, 6.45) is 20.0. The van der Waals surface area contributed by atoms with Crippen LogP contribution in [0.5, 0.6) is 0 Å². The van der Waals surface area contributed by atoms with E-state index >= 15 is 0 Å². The van der Waals surface area contributed by atoms with Gasteiger partial charge in [-0.15, -0.1) is 0 Å². The summed E-state index contributed by atoms with van der Waals surface area (Å²) in [6, 6.07) is 0. The first kappa shape index (κ1) is 28.1. The molecule has 1 aliphatic heterocycles. The Bertz CT molecular complexity index is 448. The minimum atomic E-state index is -4.13. The summed E-state index contributed by atoms with van der Waals surface area (Å²) in [4.78, 5) is 11.9. The highest BCUT2D eigenvalue weighted by molar-refractivity contribution is 7.45. The average molecular weight is 448 g/mol. The summed E-state index contributed by atoms with van der Waals surface area (Å²) in [5, 5.41) is 0. The van der Waals surface area contributed by atoms with Crippen LogP contribution in [0.3, 0.4) is 0 Å². The lowest BCUT2D eigenvalue weighted by Gasteiger charge is -2.37. The number of phosphoric ester groups is 1. The summed E-state index contributed by atoms with van der Waals surface area (Å²) in [5.41, 5.74) is 0. The predicted octanol–water partition coefficient (Wildman–Crippen LogP) is 6.46. The van der Waals surface area contributed by atoms with Crippen molar-refractivity contribution in [3.05, 3.63) is 0 Å². The first-order chi connectivity index (χ1) is 14.3. The molecule has 1 heterocycles. The molecule has 0 spiro atoms. The average Bonchev–Trinajstić information content (AvgIpc) is 2.70. The molecule has 0 aromatic heterocycles. The zero-order valence-corrected chi connectivity index (χ0v) is 21.1. The summed E-state index contributed by atoms with van der Waals surface area (Å²) < 4.78 is 23.1. The van der Waals surface area contributed by atoms with Crippen LogP contribution in [0, 0.1) is 5.92 Å². The second kappa shape index (κ2) is 16.7. The van der Waals surface area contributed by atoms with Crippen molar-refractivity contribution in [2.75, 3.05) is 40.4 Å². The number of likely N-dealkylation sites (tertiary alicyclic amines) is 1. The second-order valence-corrected chi connectivity index (χ2v) is 11.4.